The van der Waals surface area contributed by atoms with E-state index in [9.17, 15) is 4.79 Å². The number of rotatable bonds is 9. The molecule has 0 aliphatic heterocycles. The molecule has 0 radical (unpaired) electrons. The summed E-state index contributed by atoms with van der Waals surface area (Å²) >= 11 is 0. The average Bonchev–Trinajstić information content (AvgIpc) is 2.37. The fourth-order valence-corrected chi connectivity index (χ4v) is 1.56. The Morgan fingerprint density at radius 3 is 2.39 bits per heavy atom. The van der Waals surface area contributed by atoms with Crippen LogP contribution in [0.1, 0.15) is 48.0 Å². The van der Waals surface area contributed by atoms with Crippen LogP contribution in [0.2, 0.25) is 0 Å². The van der Waals surface area contributed by atoms with E-state index in [-0.39, 0.29) is 36.5 Å². The first-order valence-corrected chi connectivity index (χ1v) is 8.06. The van der Waals surface area contributed by atoms with E-state index in [4.69, 9.17) is 9.47 Å². The van der Waals surface area contributed by atoms with E-state index >= 15 is 0 Å². The Kier molecular flexibility index (Phi) is 14.8. The van der Waals surface area contributed by atoms with Gasteiger partial charge in [0.2, 0.25) is 0 Å². The third-order valence-corrected chi connectivity index (χ3v) is 2.34. The van der Waals surface area contributed by atoms with E-state index < -0.39 is 5.60 Å². The second kappa shape index (κ2) is 13.8. The van der Waals surface area contributed by atoms with E-state index in [1.165, 1.54) is 0 Å². The number of guanidine groups is 1. The molecule has 0 rings (SSSR count). The normalized spacial score (nSPS) is 11.9. The Morgan fingerprint density at radius 2 is 1.87 bits per heavy atom. The van der Waals surface area contributed by atoms with Gasteiger partial charge in [-0.2, -0.15) is 0 Å². The third-order valence-electron chi connectivity index (χ3n) is 2.34. The number of nitrogens with zero attached hydrogens (tertiary/aromatic N) is 1. The molecule has 0 saturated heterocycles. The van der Waals surface area contributed by atoms with Crippen molar-refractivity contribution in [2.45, 2.75) is 53.6 Å². The fraction of sp³-hybridized carbons (Fsp3) is 0.875. The summed E-state index contributed by atoms with van der Waals surface area (Å²) in [6.45, 7) is 14.8. The standard InChI is InChI=1S/C16H33N3O3.HI/c1-7-17-15(18-9-8-10-21-12-13(2)3)19-11-14(20)22-16(4,5)6;/h13H,7-12H2,1-6H3,(H2,17,18,19);1H. The van der Waals surface area contributed by atoms with Crippen LogP contribution >= 0.6 is 24.0 Å². The topological polar surface area (TPSA) is 72.0 Å². The molecule has 0 aliphatic rings. The fourth-order valence-electron chi connectivity index (χ4n) is 1.56. The number of nitrogens with one attached hydrogen (secondary N) is 2. The van der Waals surface area contributed by atoms with Crippen LogP contribution in [0.3, 0.4) is 0 Å². The van der Waals surface area contributed by atoms with Crippen LogP contribution in [-0.4, -0.2) is 50.4 Å². The molecule has 0 amide bonds. The van der Waals surface area contributed by atoms with Gasteiger partial charge < -0.3 is 20.1 Å². The molecule has 6 nitrogen and oxygen atoms in total. The minimum absolute atomic E-state index is 0. The van der Waals surface area contributed by atoms with Gasteiger partial charge in [-0.15, -0.1) is 24.0 Å². The highest BCUT2D eigenvalue weighted by Crippen LogP contribution is 2.06. The summed E-state index contributed by atoms with van der Waals surface area (Å²) in [4.78, 5) is 15.9. The number of hydrogen-bond acceptors (Lipinski definition) is 4. The number of carbonyl (C=O) groups excluding carboxylic acids is 1. The first-order valence-electron chi connectivity index (χ1n) is 8.06. The molecule has 0 bridgehead atoms. The van der Waals surface area contributed by atoms with Gasteiger partial charge in [-0.25, -0.2) is 4.99 Å². The highest BCUT2D eigenvalue weighted by molar-refractivity contribution is 14.0. The lowest BCUT2D eigenvalue weighted by Gasteiger charge is -2.19. The smallest absolute Gasteiger partial charge is 0.328 e. The number of hydrogen-bond donors (Lipinski definition) is 2. The van der Waals surface area contributed by atoms with Crippen molar-refractivity contribution in [3.63, 3.8) is 0 Å². The van der Waals surface area contributed by atoms with E-state index in [1.54, 1.807) is 0 Å². The first kappa shape index (κ1) is 24.7. The van der Waals surface area contributed by atoms with Gasteiger partial charge in [0.1, 0.15) is 12.1 Å². The Bertz CT molecular complexity index is 342. The van der Waals surface area contributed by atoms with Gasteiger partial charge in [0.25, 0.3) is 0 Å². The van der Waals surface area contributed by atoms with E-state index in [0.29, 0.717) is 11.9 Å². The molecule has 7 heteroatoms. The highest BCUT2D eigenvalue weighted by atomic mass is 127. The summed E-state index contributed by atoms with van der Waals surface area (Å²) in [5.74, 6) is 0.850. The zero-order valence-corrected chi connectivity index (χ0v) is 17.7. The molecule has 0 aliphatic carbocycles. The summed E-state index contributed by atoms with van der Waals surface area (Å²) in [5, 5.41) is 6.28. The second-order valence-electron chi connectivity index (χ2n) is 6.53. The summed E-state index contributed by atoms with van der Waals surface area (Å²) in [7, 11) is 0. The van der Waals surface area contributed by atoms with Gasteiger partial charge in [-0.1, -0.05) is 13.8 Å². The SMILES string of the molecule is CCNC(=NCC(=O)OC(C)(C)C)NCCCOCC(C)C.I. The molecule has 23 heavy (non-hydrogen) atoms. The predicted octanol–water partition coefficient (Wildman–Crippen LogP) is 2.56. The lowest BCUT2D eigenvalue weighted by molar-refractivity contribution is -0.152. The molecule has 0 aromatic rings. The monoisotopic (exact) mass is 443 g/mol. The van der Waals surface area contributed by atoms with Crippen LogP contribution in [0, 0.1) is 5.92 Å². The van der Waals surface area contributed by atoms with E-state index in [1.807, 2.05) is 27.7 Å². The zero-order chi connectivity index (χ0) is 17.0. The van der Waals surface area contributed by atoms with Crippen LogP contribution in [0.15, 0.2) is 4.99 Å². The van der Waals surface area contributed by atoms with Crippen LogP contribution < -0.4 is 10.6 Å². The van der Waals surface area contributed by atoms with Gasteiger partial charge in [0.15, 0.2) is 5.96 Å². The highest BCUT2D eigenvalue weighted by Gasteiger charge is 2.15. The number of ether oxygens (including phenoxy) is 2. The van der Waals surface area contributed by atoms with Crippen molar-refractivity contribution in [2.75, 3.05) is 32.8 Å². The van der Waals surface area contributed by atoms with Crippen molar-refractivity contribution in [1.82, 2.24) is 10.6 Å². The van der Waals surface area contributed by atoms with Crippen LogP contribution in [0.25, 0.3) is 0 Å². The van der Waals surface area contributed by atoms with Crippen LogP contribution in [0.4, 0.5) is 0 Å². The van der Waals surface area contributed by atoms with Crippen molar-refractivity contribution in [1.29, 1.82) is 0 Å². The minimum atomic E-state index is -0.480. The Labute approximate surface area is 158 Å². The molecular weight excluding hydrogens is 409 g/mol. The molecule has 0 fully saturated rings. The van der Waals surface area contributed by atoms with Crippen molar-refractivity contribution >= 4 is 35.9 Å². The summed E-state index contributed by atoms with van der Waals surface area (Å²) in [6.07, 6.45) is 0.892. The molecule has 0 atom stereocenters. The number of aliphatic imine (C=N–C) groups is 1. The Morgan fingerprint density at radius 1 is 1.22 bits per heavy atom. The number of halogens is 1. The Balaban J connectivity index is 0. The summed E-state index contributed by atoms with van der Waals surface area (Å²) in [6, 6.07) is 0. The van der Waals surface area contributed by atoms with Crippen molar-refractivity contribution in [2.24, 2.45) is 10.9 Å². The number of esters is 1. The quantitative estimate of drug-likeness (QED) is 0.189. The molecule has 0 unspecified atom stereocenters. The number of carbonyl (C=O) groups is 1. The predicted molar refractivity (Wildman–Crippen MR) is 106 cm³/mol. The molecule has 0 aromatic carbocycles. The minimum Gasteiger partial charge on any atom is -0.459 e. The average molecular weight is 443 g/mol. The lowest BCUT2D eigenvalue weighted by Crippen LogP contribution is -2.38. The third kappa shape index (κ3) is 17.6. The second-order valence-corrected chi connectivity index (χ2v) is 6.53. The Hall–Kier alpha value is -0.570. The lowest BCUT2D eigenvalue weighted by atomic mass is 10.2. The van der Waals surface area contributed by atoms with Crippen molar-refractivity contribution < 1.29 is 14.3 Å². The van der Waals surface area contributed by atoms with Crippen LogP contribution in [-0.2, 0) is 14.3 Å². The van der Waals surface area contributed by atoms with Gasteiger partial charge in [0, 0.05) is 26.3 Å². The largest absolute Gasteiger partial charge is 0.459 e. The van der Waals surface area contributed by atoms with E-state index in [0.717, 1.165) is 32.7 Å². The van der Waals surface area contributed by atoms with Gasteiger partial charge in [-0.05, 0) is 40.0 Å². The van der Waals surface area contributed by atoms with Gasteiger partial charge >= 0.3 is 5.97 Å². The maximum absolute atomic E-state index is 11.6. The molecule has 0 heterocycles. The van der Waals surface area contributed by atoms with Crippen LogP contribution in [0.5, 0.6) is 0 Å². The summed E-state index contributed by atoms with van der Waals surface area (Å²) < 4.78 is 10.7. The van der Waals surface area contributed by atoms with Gasteiger partial charge in [-0.3, -0.25) is 4.79 Å². The molecule has 0 aromatic heterocycles. The van der Waals surface area contributed by atoms with Crippen molar-refractivity contribution in [3.8, 4) is 0 Å². The van der Waals surface area contributed by atoms with Gasteiger partial charge in [0.05, 0.1) is 0 Å². The maximum Gasteiger partial charge on any atom is 0.328 e. The molecule has 0 saturated carbocycles. The maximum atomic E-state index is 11.6. The van der Waals surface area contributed by atoms with E-state index in [2.05, 4.69) is 29.5 Å². The first-order chi connectivity index (χ1) is 10.2. The molecule has 138 valence electrons. The molecule has 0 spiro atoms. The zero-order valence-electron chi connectivity index (χ0n) is 15.4. The van der Waals surface area contributed by atoms with Crippen molar-refractivity contribution in [3.05, 3.63) is 0 Å². The molecular formula is C16H34IN3O3. The summed E-state index contributed by atoms with van der Waals surface area (Å²) in [5.41, 5.74) is -0.480. The molecule has 2 N–H and O–H groups in total.